The third-order valence-corrected chi connectivity index (χ3v) is 6.10. The fourth-order valence-electron chi connectivity index (χ4n) is 3.71. The molecule has 0 aliphatic carbocycles. The lowest BCUT2D eigenvalue weighted by Crippen LogP contribution is -2.56. The van der Waals surface area contributed by atoms with Gasteiger partial charge in [0.2, 0.25) is 0 Å². The van der Waals surface area contributed by atoms with E-state index < -0.39 is 41.5 Å². The first-order valence-corrected chi connectivity index (χ1v) is 11.3. The molecule has 1 heterocycles. The Balaban J connectivity index is 0.00000432. The van der Waals surface area contributed by atoms with E-state index in [0.717, 1.165) is 6.07 Å². The van der Waals surface area contributed by atoms with E-state index in [2.05, 4.69) is 5.32 Å². The summed E-state index contributed by atoms with van der Waals surface area (Å²) in [6.07, 6.45) is -0.987. The number of carbonyl (C=O) groups is 3. The van der Waals surface area contributed by atoms with Crippen LogP contribution in [0.4, 0.5) is 4.39 Å². The van der Waals surface area contributed by atoms with Gasteiger partial charge >= 0.3 is 5.97 Å². The predicted octanol–water partition coefficient (Wildman–Crippen LogP) is 4.64. The zero-order valence-electron chi connectivity index (χ0n) is 20.1. The van der Waals surface area contributed by atoms with Gasteiger partial charge in [-0.05, 0) is 63.1 Å². The minimum atomic E-state index is -1.06. The molecule has 0 radical (unpaired) electrons. The first-order chi connectivity index (χ1) is 15.8. The van der Waals surface area contributed by atoms with Gasteiger partial charge < -0.3 is 20.5 Å². The molecular weight excluding hydrogens is 498 g/mol. The molecule has 190 valence electrons. The van der Waals surface area contributed by atoms with Crippen LogP contribution < -0.4 is 15.8 Å². The molecule has 7 nitrogen and oxygen atoms in total. The number of carbonyl (C=O) groups excluding carboxylic acids is 3. The highest BCUT2D eigenvalue weighted by Crippen LogP contribution is 2.42. The molecule has 2 aromatic rings. The van der Waals surface area contributed by atoms with Crippen molar-refractivity contribution in [1.29, 1.82) is 0 Å². The molecule has 1 aliphatic rings. The summed E-state index contributed by atoms with van der Waals surface area (Å²) in [6.45, 7) is 8.45. The third kappa shape index (κ3) is 6.12. The van der Waals surface area contributed by atoms with E-state index in [9.17, 15) is 18.8 Å². The van der Waals surface area contributed by atoms with Crippen molar-refractivity contribution in [2.24, 2.45) is 11.7 Å². The van der Waals surface area contributed by atoms with E-state index in [1.54, 1.807) is 45.9 Å². The zero-order valence-corrected chi connectivity index (χ0v) is 21.6. The number of hydrogen-bond acceptors (Lipinski definition) is 6. The Kier molecular flexibility index (Phi) is 8.92. The van der Waals surface area contributed by atoms with Crippen molar-refractivity contribution < 1.29 is 28.2 Å². The van der Waals surface area contributed by atoms with Crippen LogP contribution in [-0.2, 0) is 9.53 Å². The highest BCUT2D eigenvalue weighted by atomic mass is 35.5. The van der Waals surface area contributed by atoms with E-state index in [1.165, 1.54) is 19.1 Å². The van der Waals surface area contributed by atoms with Crippen LogP contribution in [0.5, 0.6) is 5.75 Å². The van der Waals surface area contributed by atoms with Crippen LogP contribution in [0.25, 0.3) is 0 Å². The lowest BCUT2D eigenvalue weighted by Gasteiger charge is -2.44. The molecule has 3 rings (SSSR count). The maximum atomic E-state index is 13.6. The Morgan fingerprint density at radius 2 is 1.77 bits per heavy atom. The number of rotatable bonds is 6. The highest BCUT2D eigenvalue weighted by molar-refractivity contribution is 6.31. The molecule has 0 spiro atoms. The summed E-state index contributed by atoms with van der Waals surface area (Å²) in [5.74, 6) is -1.80. The molecule has 3 atom stereocenters. The Hall–Kier alpha value is -2.68. The number of fused-ring (bicyclic) bond motifs is 1. The summed E-state index contributed by atoms with van der Waals surface area (Å²) in [5.41, 5.74) is 5.91. The van der Waals surface area contributed by atoms with Gasteiger partial charge in [0.1, 0.15) is 23.2 Å². The average molecular weight is 527 g/mol. The lowest BCUT2D eigenvalue weighted by molar-refractivity contribution is -0.168. The Morgan fingerprint density at radius 3 is 2.34 bits per heavy atom. The van der Waals surface area contributed by atoms with Gasteiger partial charge in [0.05, 0.1) is 11.1 Å². The maximum absolute atomic E-state index is 13.6. The summed E-state index contributed by atoms with van der Waals surface area (Å²) in [6, 6.07) is 6.68. The normalized spacial score (nSPS) is 19.0. The number of ether oxygens (including phenoxy) is 2. The number of nitrogens with one attached hydrogen (secondary N) is 1. The monoisotopic (exact) mass is 526 g/mol. The van der Waals surface area contributed by atoms with Gasteiger partial charge in [0, 0.05) is 16.7 Å². The fourth-order valence-corrected chi connectivity index (χ4v) is 3.89. The number of hydrogen-bond donors (Lipinski definition) is 2. The topological polar surface area (TPSA) is 108 Å². The van der Waals surface area contributed by atoms with Gasteiger partial charge in [-0.1, -0.05) is 25.4 Å². The van der Waals surface area contributed by atoms with Crippen molar-refractivity contribution in [1.82, 2.24) is 5.32 Å². The van der Waals surface area contributed by atoms with Gasteiger partial charge in [-0.25, -0.2) is 4.39 Å². The SMILES string of the molecule is CC(=O)c1ccc2c(c1)[C@H](NC(=O)c1ccc(F)c(Cl)c1)[C@H](OC(=O)[C@H](N)C(C)C)C(C)(C)O2.Cl. The minimum Gasteiger partial charge on any atom is -0.484 e. The maximum Gasteiger partial charge on any atom is 0.323 e. The number of Topliss-reactive ketones (excluding diaryl/α,β-unsaturated/α-hetero) is 1. The molecular formula is C25H29Cl2FN2O5. The number of nitrogens with two attached hydrogens (primary N) is 1. The Bertz CT molecular complexity index is 1140. The summed E-state index contributed by atoms with van der Waals surface area (Å²) in [4.78, 5) is 37.9. The van der Waals surface area contributed by atoms with Crippen molar-refractivity contribution in [3.63, 3.8) is 0 Å². The first kappa shape index (κ1) is 28.6. The van der Waals surface area contributed by atoms with Gasteiger partial charge in [-0.2, -0.15) is 0 Å². The van der Waals surface area contributed by atoms with Crippen molar-refractivity contribution in [3.05, 3.63) is 63.9 Å². The van der Waals surface area contributed by atoms with Crippen LogP contribution in [0.2, 0.25) is 5.02 Å². The average Bonchev–Trinajstić information content (AvgIpc) is 2.76. The highest BCUT2D eigenvalue weighted by Gasteiger charge is 2.48. The largest absolute Gasteiger partial charge is 0.484 e. The zero-order chi connectivity index (χ0) is 25.4. The molecule has 10 heteroatoms. The molecule has 0 unspecified atom stereocenters. The summed E-state index contributed by atoms with van der Waals surface area (Å²) in [7, 11) is 0. The number of ketones is 1. The molecule has 0 saturated heterocycles. The van der Waals surface area contributed by atoms with Crippen LogP contribution in [0.15, 0.2) is 36.4 Å². The fraction of sp³-hybridized carbons (Fsp3) is 0.400. The third-order valence-electron chi connectivity index (χ3n) is 5.81. The molecule has 1 aliphatic heterocycles. The molecule has 2 aromatic carbocycles. The van der Waals surface area contributed by atoms with E-state index in [-0.39, 0.29) is 34.7 Å². The number of esters is 1. The molecule has 0 bridgehead atoms. The lowest BCUT2D eigenvalue weighted by atomic mass is 9.85. The smallest absolute Gasteiger partial charge is 0.323 e. The molecule has 35 heavy (non-hydrogen) atoms. The number of halogens is 3. The Labute approximate surface area is 214 Å². The quantitative estimate of drug-likeness (QED) is 0.419. The van der Waals surface area contributed by atoms with Gasteiger partial charge in [0.25, 0.3) is 5.91 Å². The molecule has 0 fully saturated rings. The molecule has 3 N–H and O–H groups in total. The predicted molar refractivity (Wildman–Crippen MR) is 133 cm³/mol. The van der Waals surface area contributed by atoms with Gasteiger partial charge in [-0.15, -0.1) is 12.4 Å². The minimum absolute atomic E-state index is 0. The van der Waals surface area contributed by atoms with E-state index >= 15 is 0 Å². The second-order valence-corrected chi connectivity index (χ2v) is 9.63. The molecule has 0 aromatic heterocycles. The molecule has 1 amide bonds. The summed E-state index contributed by atoms with van der Waals surface area (Å²) >= 11 is 5.85. The number of benzene rings is 2. The van der Waals surface area contributed by atoms with Gasteiger partial charge in [0.15, 0.2) is 11.9 Å². The van der Waals surface area contributed by atoms with E-state index in [4.69, 9.17) is 26.8 Å². The van der Waals surface area contributed by atoms with Crippen LogP contribution in [0.1, 0.15) is 66.9 Å². The second-order valence-electron chi connectivity index (χ2n) is 9.22. The van der Waals surface area contributed by atoms with Gasteiger partial charge in [-0.3, -0.25) is 14.4 Å². The van der Waals surface area contributed by atoms with Crippen LogP contribution in [0.3, 0.4) is 0 Å². The van der Waals surface area contributed by atoms with Crippen molar-refractivity contribution in [3.8, 4) is 5.75 Å². The summed E-state index contributed by atoms with van der Waals surface area (Å²) in [5, 5.41) is 2.65. The van der Waals surface area contributed by atoms with Crippen molar-refractivity contribution in [2.45, 2.75) is 58.4 Å². The number of amides is 1. The Morgan fingerprint density at radius 1 is 1.14 bits per heavy atom. The second kappa shape index (κ2) is 10.9. The van der Waals surface area contributed by atoms with Crippen LogP contribution in [-0.4, -0.2) is 35.4 Å². The van der Waals surface area contributed by atoms with Crippen molar-refractivity contribution >= 4 is 41.7 Å². The van der Waals surface area contributed by atoms with E-state index in [0.29, 0.717) is 16.9 Å². The first-order valence-electron chi connectivity index (χ1n) is 10.9. The molecule has 0 saturated carbocycles. The van der Waals surface area contributed by atoms with E-state index in [1.807, 2.05) is 0 Å². The van der Waals surface area contributed by atoms with Crippen LogP contribution >= 0.6 is 24.0 Å². The summed E-state index contributed by atoms with van der Waals surface area (Å²) < 4.78 is 25.5. The standard InChI is InChI=1S/C25H28ClFN2O5.ClH/c1-12(2)20(28)24(32)33-22-21(29-23(31)15-6-8-18(27)17(26)11-15)16-10-14(13(3)30)7-9-19(16)34-25(22,4)5;/h6-12,20-22H,28H2,1-5H3,(H,29,31);1H/t20-,21+,22+;/m1./s1. The van der Waals surface area contributed by atoms with Crippen molar-refractivity contribution in [2.75, 3.05) is 0 Å². The van der Waals surface area contributed by atoms with Crippen LogP contribution in [0, 0.1) is 11.7 Å².